The Morgan fingerprint density at radius 2 is 2.04 bits per heavy atom. The summed E-state index contributed by atoms with van der Waals surface area (Å²) in [6, 6.07) is 15.7. The molecule has 0 radical (unpaired) electrons. The summed E-state index contributed by atoms with van der Waals surface area (Å²) in [5, 5.41) is 0. The third-order valence-electron chi connectivity index (χ3n) is 4.80. The van der Waals surface area contributed by atoms with Crippen LogP contribution in [0.1, 0.15) is 17.7 Å². The minimum atomic E-state index is 0.0177. The van der Waals surface area contributed by atoms with E-state index in [0.29, 0.717) is 12.3 Å². The van der Waals surface area contributed by atoms with E-state index in [2.05, 4.69) is 16.8 Å². The van der Waals surface area contributed by atoms with Crippen LogP contribution in [-0.4, -0.2) is 28.9 Å². The van der Waals surface area contributed by atoms with E-state index in [1.807, 2.05) is 53.4 Å². The van der Waals surface area contributed by atoms with E-state index in [1.165, 1.54) is 0 Å². The molecule has 2 unspecified atom stereocenters. The molecule has 2 aliphatic rings. The monoisotopic (exact) mass is 302 g/mol. The van der Waals surface area contributed by atoms with Crippen molar-refractivity contribution in [3.05, 3.63) is 66.0 Å². The topological polar surface area (TPSA) is 33.2 Å². The lowest BCUT2D eigenvalue weighted by Crippen LogP contribution is -2.32. The van der Waals surface area contributed by atoms with Gasteiger partial charge in [0.05, 0.1) is 11.8 Å². The summed E-state index contributed by atoms with van der Waals surface area (Å²) < 4.78 is 0. The Kier molecular flexibility index (Phi) is 3.38. The van der Waals surface area contributed by atoms with E-state index < -0.39 is 0 Å². The maximum absolute atomic E-state index is 12.5. The van der Waals surface area contributed by atoms with Crippen LogP contribution in [0.15, 0.2) is 54.7 Å². The average Bonchev–Trinajstić information content (AvgIpc) is 3.15. The molecule has 3 heteroatoms. The number of hydrogen-bond acceptors (Lipinski definition) is 2. The normalized spacial score (nSPS) is 24.5. The van der Waals surface area contributed by atoms with Gasteiger partial charge in [-0.25, -0.2) is 4.98 Å². The second kappa shape index (κ2) is 5.55. The molecule has 1 aliphatic heterocycles. The van der Waals surface area contributed by atoms with E-state index in [4.69, 9.17) is 0 Å². The first-order valence-electron chi connectivity index (χ1n) is 8.01. The van der Waals surface area contributed by atoms with Gasteiger partial charge in [0.15, 0.2) is 0 Å². The number of rotatable bonds is 2. The fourth-order valence-corrected chi connectivity index (χ4v) is 3.37. The molecule has 1 amide bonds. The highest BCUT2D eigenvalue weighted by molar-refractivity contribution is 5.79. The predicted molar refractivity (Wildman–Crippen MR) is 88.4 cm³/mol. The summed E-state index contributed by atoms with van der Waals surface area (Å²) in [4.78, 5) is 18.7. The van der Waals surface area contributed by atoms with Crippen LogP contribution < -0.4 is 0 Å². The lowest BCUT2D eigenvalue weighted by molar-refractivity contribution is -0.130. The largest absolute Gasteiger partial charge is 0.341 e. The van der Waals surface area contributed by atoms with Crippen LogP contribution in [0.5, 0.6) is 0 Å². The summed E-state index contributed by atoms with van der Waals surface area (Å²) >= 11 is 0. The van der Waals surface area contributed by atoms with Crippen LogP contribution in [0.3, 0.4) is 0 Å². The van der Waals surface area contributed by atoms with Gasteiger partial charge in [-0.15, -0.1) is 0 Å². The molecule has 2 heterocycles. The number of carbonyl (C=O) groups is 1. The van der Waals surface area contributed by atoms with Gasteiger partial charge in [0.2, 0.25) is 5.91 Å². The number of aromatic nitrogens is 1. The summed E-state index contributed by atoms with van der Waals surface area (Å²) in [5.41, 5.74) is 1.90. The molecule has 2 atom stereocenters. The number of pyridine rings is 1. The van der Waals surface area contributed by atoms with Gasteiger partial charge in [-0.2, -0.15) is 0 Å². The zero-order valence-electron chi connectivity index (χ0n) is 12.9. The molecular weight excluding hydrogens is 284 g/mol. The summed E-state index contributed by atoms with van der Waals surface area (Å²) in [6.45, 7) is 1.62. The van der Waals surface area contributed by atoms with Crippen molar-refractivity contribution in [2.45, 2.75) is 12.8 Å². The minimum Gasteiger partial charge on any atom is -0.341 e. The maximum Gasteiger partial charge on any atom is 0.227 e. The Morgan fingerprint density at radius 1 is 1.22 bits per heavy atom. The average molecular weight is 302 g/mol. The second-order valence-corrected chi connectivity index (χ2v) is 6.46. The van der Waals surface area contributed by atoms with Crippen molar-refractivity contribution in [3.8, 4) is 11.8 Å². The van der Waals surface area contributed by atoms with Crippen molar-refractivity contribution in [2.75, 3.05) is 13.1 Å². The number of fused-ring (bicyclic) bond motifs is 1. The molecule has 2 fully saturated rings. The Hall–Kier alpha value is -2.60. The van der Waals surface area contributed by atoms with Crippen molar-refractivity contribution in [1.82, 2.24) is 9.88 Å². The van der Waals surface area contributed by atoms with Crippen LogP contribution in [0, 0.1) is 23.2 Å². The number of benzene rings is 1. The first-order valence-corrected chi connectivity index (χ1v) is 8.01. The molecule has 0 bridgehead atoms. The van der Waals surface area contributed by atoms with Gasteiger partial charge < -0.3 is 4.90 Å². The van der Waals surface area contributed by atoms with Crippen molar-refractivity contribution in [2.24, 2.45) is 11.3 Å². The van der Waals surface area contributed by atoms with Crippen LogP contribution >= 0.6 is 0 Å². The summed E-state index contributed by atoms with van der Waals surface area (Å²) in [6.07, 6.45) is 3.36. The highest BCUT2D eigenvalue weighted by Gasteiger charge is 2.60. The van der Waals surface area contributed by atoms with E-state index in [1.54, 1.807) is 6.20 Å². The molecule has 1 aromatic heterocycles. The van der Waals surface area contributed by atoms with E-state index in [9.17, 15) is 4.79 Å². The summed E-state index contributed by atoms with van der Waals surface area (Å²) in [5.74, 6) is 7.32. The third-order valence-corrected chi connectivity index (χ3v) is 4.80. The van der Waals surface area contributed by atoms with Crippen molar-refractivity contribution in [1.29, 1.82) is 0 Å². The van der Waals surface area contributed by atoms with Crippen molar-refractivity contribution >= 4 is 5.91 Å². The molecule has 4 rings (SSSR count). The van der Waals surface area contributed by atoms with Crippen molar-refractivity contribution < 1.29 is 4.79 Å². The van der Waals surface area contributed by atoms with Gasteiger partial charge in [0.25, 0.3) is 0 Å². The molecule has 114 valence electrons. The van der Waals surface area contributed by atoms with Crippen LogP contribution in [0.25, 0.3) is 0 Å². The van der Waals surface area contributed by atoms with Crippen LogP contribution in [-0.2, 0) is 11.2 Å². The predicted octanol–water partition coefficient (Wildman–Crippen LogP) is 2.52. The Morgan fingerprint density at radius 3 is 2.83 bits per heavy atom. The zero-order valence-corrected chi connectivity index (χ0v) is 12.9. The Balaban J connectivity index is 1.42. The second-order valence-electron chi connectivity index (χ2n) is 6.46. The fourth-order valence-electron chi connectivity index (χ4n) is 3.37. The Labute approximate surface area is 136 Å². The number of hydrogen-bond donors (Lipinski definition) is 0. The maximum atomic E-state index is 12.5. The van der Waals surface area contributed by atoms with Crippen LogP contribution in [0.4, 0.5) is 0 Å². The van der Waals surface area contributed by atoms with Gasteiger partial charge in [-0.3, -0.25) is 4.79 Å². The van der Waals surface area contributed by atoms with Crippen LogP contribution in [0.2, 0.25) is 0 Å². The highest BCUT2D eigenvalue weighted by atomic mass is 16.2. The quantitative estimate of drug-likeness (QED) is 0.799. The SMILES string of the molecule is O=C(Cc1ccccc1)N1CC2CC2(C#Cc2ccccn2)C1. The fraction of sp³-hybridized carbons (Fsp3) is 0.300. The first kappa shape index (κ1) is 14.0. The van der Waals surface area contributed by atoms with Gasteiger partial charge in [-0.1, -0.05) is 42.3 Å². The zero-order chi connectivity index (χ0) is 15.7. The number of likely N-dealkylation sites (tertiary alicyclic amines) is 1. The lowest BCUT2D eigenvalue weighted by Gasteiger charge is -2.19. The molecule has 0 N–H and O–H groups in total. The van der Waals surface area contributed by atoms with Gasteiger partial charge in [0.1, 0.15) is 5.69 Å². The Bertz CT molecular complexity index is 776. The van der Waals surface area contributed by atoms with Crippen molar-refractivity contribution in [3.63, 3.8) is 0 Å². The molecule has 1 aliphatic carbocycles. The van der Waals surface area contributed by atoms with E-state index in [-0.39, 0.29) is 11.3 Å². The number of piperidine rings is 1. The smallest absolute Gasteiger partial charge is 0.227 e. The molecular formula is C20H18N2O. The van der Waals surface area contributed by atoms with E-state index in [0.717, 1.165) is 30.8 Å². The molecule has 1 aromatic carbocycles. The number of amides is 1. The highest BCUT2D eigenvalue weighted by Crippen LogP contribution is 2.57. The molecule has 1 saturated carbocycles. The van der Waals surface area contributed by atoms with Gasteiger partial charge in [-0.05, 0) is 36.0 Å². The number of carbonyl (C=O) groups excluding carboxylic acids is 1. The van der Waals surface area contributed by atoms with E-state index >= 15 is 0 Å². The molecule has 3 nitrogen and oxygen atoms in total. The lowest BCUT2D eigenvalue weighted by atomic mass is 10.1. The van der Waals surface area contributed by atoms with Gasteiger partial charge >= 0.3 is 0 Å². The molecule has 1 saturated heterocycles. The standard InChI is InChI=1S/C20H18N2O/c23-19(12-16-6-2-1-3-7-16)22-14-17-13-20(17,15-22)10-9-18-8-4-5-11-21-18/h1-8,11,17H,12-15H2. The first-order chi connectivity index (χ1) is 11.3. The van der Waals surface area contributed by atoms with Gasteiger partial charge in [0, 0.05) is 19.3 Å². The minimum absolute atomic E-state index is 0.0177. The third kappa shape index (κ3) is 2.85. The molecule has 2 aromatic rings. The number of nitrogens with zero attached hydrogens (tertiary/aromatic N) is 2. The summed E-state index contributed by atoms with van der Waals surface area (Å²) in [7, 11) is 0. The molecule has 0 spiro atoms. The molecule has 23 heavy (non-hydrogen) atoms.